The zero-order chi connectivity index (χ0) is 38.9. The number of rotatable bonds is 40. The first kappa shape index (κ1) is 51.5. The number of nitrogens with two attached hydrogens (primary N) is 1. The third-order valence-electron chi connectivity index (χ3n) is 9.38. The normalized spacial score (nSPS) is 14.6. The number of carbonyl (C=O) groups is 1. The zero-order valence-electron chi connectivity index (χ0n) is 34.2. The van der Waals surface area contributed by atoms with Gasteiger partial charge in [0.25, 0.3) is 0 Å². The number of carbonyl (C=O) groups excluding carboxylic acids is 1. The highest BCUT2D eigenvalue weighted by Gasteiger charge is 2.26. The van der Waals surface area contributed by atoms with Crippen LogP contribution in [0.2, 0.25) is 0 Å². The Kier molecular flexibility index (Phi) is 39.0. The molecule has 0 aromatic heterocycles. The standard InChI is InChI=1S/C44H83N2O6P/c1-3-5-7-9-11-13-15-17-19-20-21-22-23-24-25-27-29-31-33-35-37-43(47)42(41-52-53(49,50)51-40-39-45)46-44(48)38-36-34-32-30-28-26-18-16-14-12-10-8-6-4-2/h10,12,16,18,27,29,35,37,42-43,47H,3-9,11,13-15,17,19-26,28,30-34,36,38-41,45H2,1-2H3,(H,46,48)(H,49,50)/b12-10-,18-16-,29-27+,37-35+. The van der Waals surface area contributed by atoms with E-state index in [4.69, 9.17) is 14.8 Å². The van der Waals surface area contributed by atoms with E-state index < -0.39 is 20.0 Å². The smallest absolute Gasteiger partial charge is 0.387 e. The number of aliphatic hydroxyl groups is 1. The molecule has 0 radical (unpaired) electrons. The van der Waals surface area contributed by atoms with E-state index in [1.165, 1.54) is 109 Å². The van der Waals surface area contributed by atoms with Gasteiger partial charge in [0, 0.05) is 13.0 Å². The van der Waals surface area contributed by atoms with Gasteiger partial charge in [0.05, 0.1) is 25.4 Å². The van der Waals surface area contributed by atoms with Gasteiger partial charge in [0.15, 0.2) is 0 Å². The van der Waals surface area contributed by atoms with Crippen molar-refractivity contribution in [2.75, 3.05) is 19.8 Å². The fourth-order valence-electron chi connectivity index (χ4n) is 6.05. The molecule has 9 heteroatoms. The summed E-state index contributed by atoms with van der Waals surface area (Å²) in [6, 6.07) is -0.884. The molecule has 0 aromatic carbocycles. The maximum absolute atomic E-state index is 12.7. The van der Waals surface area contributed by atoms with Crippen LogP contribution in [0.5, 0.6) is 0 Å². The van der Waals surface area contributed by atoms with Crippen molar-refractivity contribution in [1.29, 1.82) is 0 Å². The second-order valence-electron chi connectivity index (χ2n) is 14.5. The van der Waals surface area contributed by atoms with Crippen molar-refractivity contribution in [3.63, 3.8) is 0 Å². The van der Waals surface area contributed by atoms with Gasteiger partial charge in [-0.1, -0.05) is 178 Å². The van der Waals surface area contributed by atoms with Crippen LogP contribution in [0, 0.1) is 0 Å². The Hall–Kier alpha value is -1.54. The van der Waals surface area contributed by atoms with Crippen molar-refractivity contribution in [1.82, 2.24) is 5.32 Å². The lowest BCUT2D eigenvalue weighted by atomic mass is 10.0. The van der Waals surface area contributed by atoms with Crippen LogP contribution in [0.4, 0.5) is 0 Å². The van der Waals surface area contributed by atoms with E-state index in [1.54, 1.807) is 6.08 Å². The van der Waals surface area contributed by atoms with Gasteiger partial charge in [0.1, 0.15) is 0 Å². The van der Waals surface area contributed by atoms with Gasteiger partial charge in [-0.15, -0.1) is 0 Å². The topological polar surface area (TPSA) is 131 Å². The number of nitrogens with one attached hydrogen (secondary N) is 1. The van der Waals surface area contributed by atoms with Crippen LogP contribution < -0.4 is 11.1 Å². The molecule has 8 nitrogen and oxygen atoms in total. The van der Waals surface area contributed by atoms with Crippen LogP contribution in [0.3, 0.4) is 0 Å². The molecule has 0 saturated heterocycles. The molecule has 0 aliphatic carbocycles. The van der Waals surface area contributed by atoms with E-state index in [0.717, 1.165) is 64.2 Å². The first-order chi connectivity index (χ1) is 25.9. The predicted octanol–water partition coefficient (Wildman–Crippen LogP) is 12.1. The summed E-state index contributed by atoms with van der Waals surface area (Å²) in [7, 11) is -4.35. The third kappa shape index (κ3) is 38.5. The average molecular weight is 767 g/mol. The summed E-state index contributed by atoms with van der Waals surface area (Å²) < 4.78 is 22.1. The molecule has 0 saturated carbocycles. The SMILES string of the molecule is CCCC/C=C\C/C=C\CCCCCCCC(=O)NC(COP(=O)(O)OCCN)C(O)/C=C/CC/C=C/CCCCCCCCCCCCCCCC. The summed E-state index contributed by atoms with van der Waals surface area (Å²) in [4.78, 5) is 22.7. The summed E-state index contributed by atoms with van der Waals surface area (Å²) in [5.41, 5.74) is 5.37. The lowest BCUT2D eigenvalue weighted by molar-refractivity contribution is -0.123. The molecule has 0 aliphatic heterocycles. The fourth-order valence-corrected chi connectivity index (χ4v) is 6.81. The average Bonchev–Trinajstić information content (AvgIpc) is 3.14. The fraction of sp³-hybridized carbons (Fsp3) is 0.795. The molecule has 0 fully saturated rings. The molecule has 5 N–H and O–H groups in total. The Labute approximate surface area is 326 Å². The third-order valence-corrected chi connectivity index (χ3v) is 10.4. The Balaban J connectivity index is 4.28. The van der Waals surface area contributed by atoms with Crippen LogP contribution >= 0.6 is 7.82 Å². The summed E-state index contributed by atoms with van der Waals surface area (Å²) in [5, 5.41) is 13.6. The maximum atomic E-state index is 12.7. The monoisotopic (exact) mass is 767 g/mol. The number of allylic oxidation sites excluding steroid dienone is 7. The number of aliphatic hydroxyl groups excluding tert-OH is 1. The molecule has 0 heterocycles. The van der Waals surface area contributed by atoms with Gasteiger partial charge in [-0.3, -0.25) is 13.8 Å². The first-order valence-corrected chi connectivity index (χ1v) is 23.3. The molecule has 0 aliphatic rings. The van der Waals surface area contributed by atoms with E-state index in [0.29, 0.717) is 6.42 Å². The predicted molar refractivity (Wildman–Crippen MR) is 226 cm³/mol. The van der Waals surface area contributed by atoms with E-state index in [1.807, 2.05) is 6.08 Å². The van der Waals surface area contributed by atoms with Crippen molar-refractivity contribution in [2.45, 2.75) is 206 Å². The van der Waals surface area contributed by atoms with Gasteiger partial charge < -0.3 is 21.1 Å². The number of phosphoric acid groups is 1. The zero-order valence-corrected chi connectivity index (χ0v) is 35.1. The number of hydrogen-bond acceptors (Lipinski definition) is 6. The van der Waals surface area contributed by atoms with E-state index in [2.05, 4.69) is 55.6 Å². The van der Waals surface area contributed by atoms with E-state index >= 15 is 0 Å². The van der Waals surface area contributed by atoms with Gasteiger partial charge in [-0.25, -0.2) is 4.57 Å². The highest BCUT2D eigenvalue weighted by molar-refractivity contribution is 7.47. The summed E-state index contributed by atoms with van der Waals surface area (Å²) in [6.45, 7) is 4.06. The molecule has 3 unspecified atom stereocenters. The van der Waals surface area contributed by atoms with Gasteiger partial charge in [0.2, 0.25) is 5.91 Å². The number of amides is 1. The second kappa shape index (κ2) is 40.1. The minimum atomic E-state index is -4.35. The van der Waals surface area contributed by atoms with Gasteiger partial charge >= 0.3 is 7.82 Å². The van der Waals surface area contributed by atoms with Gasteiger partial charge in [-0.2, -0.15) is 0 Å². The van der Waals surface area contributed by atoms with E-state index in [9.17, 15) is 19.4 Å². The molecule has 310 valence electrons. The van der Waals surface area contributed by atoms with Crippen molar-refractivity contribution in [3.8, 4) is 0 Å². The summed E-state index contributed by atoms with van der Waals surface area (Å²) in [5.74, 6) is -0.219. The highest BCUT2D eigenvalue weighted by Crippen LogP contribution is 2.43. The highest BCUT2D eigenvalue weighted by atomic mass is 31.2. The minimum Gasteiger partial charge on any atom is -0.387 e. The maximum Gasteiger partial charge on any atom is 0.472 e. The lowest BCUT2D eigenvalue weighted by Gasteiger charge is -2.23. The Morgan fingerprint density at radius 3 is 1.62 bits per heavy atom. The summed E-state index contributed by atoms with van der Waals surface area (Å²) >= 11 is 0. The quantitative estimate of drug-likeness (QED) is 0.0277. The van der Waals surface area contributed by atoms with Crippen LogP contribution in [0.1, 0.15) is 194 Å². The minimum absolute atomic E-state index is 0.0703. The van der Waals surface area contributed by atoms with E-state index in [-0.39, 0.29) is 25.7 Å². The van der Waals surface area contributed by atoms with Crippen molar-refractivity contribution in [3.05, 3.63) is 48.6 Å². The van der Waals surface area contributed by atoms with Crippen LogP contribution in [-0.4, -0.2) is 47.8 Å². The van der Waals surface area contributed by atoms with Crippen LogP contribution in [0.25, 0.3) is 0 Å². The lowest BCUT2D eigenvalue weighted by Crippen LogP contribution is -2.45. The van der Waals surface area contributed by atoms with Crippen LogP contribution in [0.15, 0.2) is 48.6 Å². The number of unbranched alkanes of at least 4 members (excludes halogenated alkanes) is 22. The Bertz CT molecular complexity index is 970. The molecule has 3 atom stereocenters. The summed E-state index contributed by atoms with van der Waals surface area (Å²) in [6.07, 6.45) is 48.8. The molecule has 1 amide bonds. The van der Waals surface area contributed by atoms with Crippen molar-refractivity contribution >= 4 is 13.7 Å². The Morgan fingerprint density at radius 2 is 1.08 bits per heavy atom. The van der Waals surface area contributed by atoms with Crippen molar-refractivity contribution in [2.24, 2.45) is 5.73 Å². The molecule has 0 aromatic rings. The first-order valence-electron chi connectivity index (χ1n) is 21.8. The number of phosphoric ester groups is 1. The van der Waals surface area contributed by atoms with Crippen LogP contribution in [-0.2, 0) is 18.4 Å². The Morgan fingerprint density at radius 1 is 0.623 bits per heavy atom. The molecule has 53 heavy (non-hydrogen) atoms. The molecule has 0 spiro atoms. The molecule has 0 rings (SSSR count). The van der Waals surface area contributed by atoms with Crippen molar-refractivity contribution < 1.29 is 28.4 Å². The second-order valence-corrected chi connectivity index (χ2v) is 16.0. The molecular weight excluding hydrogens is 683 g/mol. The molecular formula is C44H83N2O6P. The number of hydrogen-bond donors (Lipinski definition) is 4. The van der Waals surface area contributed by atoms with Gasteiger partial charge in [-0.05, 0) is 57.8 Å². The molecule has 0 bridgehead atoms. The largest absolute Gasteiger partial charge is 0.472 e.